The molecule has 0 heterocycles. The molecule has 0 bridgehead atoms. The monoisotopic (exact) mass is 220 g/mol. The second kappa shape index (κ2) is 6.21. The van der Waals surface area contributed by atoms with E-state index in [2.05, 4.69) is 9.47 Å². The summed E-state index contributed by atoms with van der Waals surface area (Å²) in [7, 11) is -0.724. The Morgan fingerprint density at radius 1 is 1.29 bits per heavy atom. The van der Waals surface area contributed by atoms with E-state index in [-0.39, 0.29) is 6.47 Å². The van der Waals surface area contributed by atoms with Gasteiger partial charge in [-0.15, -0.1) is 0 Å². The molecule has 6 nitrogen and oxygen atoms in total. The van der Waals surface area contributed by atoms with Crippen molar-refractivity contribution in [3.63, 3.8) is 0 Å². The van der Waals surface area contributed by atoms with Gasteiger partial charge in [0.05, 0.1) is 0 Å². The molecule has 0 fully saturated rings. The number of hydrogen-bond donors (Lipinski definition) is 0. The molecule has 0 aromatic carbocycles. The molecule has 0 rings (SSSR count). The molecule has 0 aliphatic rings. The van der Waals surface area contributed by atoms with Crippen molar-refractivity contribution in [3.8, 4) is 0 Å². The number of ether oxygens (including phenoxy) is 2. The quantitative estimate of drug-likeness (QED) is 0.363. The lowest BCUT2D eigenvalue weighted by molar-refractivity contribution is -0.165. The van der Waals surface area contributed by atoms with Gasteiger partial charge in [0.15, 0.2) is 12.2 Å². The van der Waals surface area contributed by atoms with Gasteiger partial charge >= 0.3 is 5.97 Å². The normalized spacial score (nSPS) is 14.1. The highest BCUT2D eigenvalue weighted by molar-refractivity contribution is 7.46. The third-order valence-electron chi connectivity index (χ3n) is 1.32. The Hall–Kier alpha value is -1.29. The van der Waals surface area contributed by atoms with Crippen LogP contribution >= 0.6 is 8.46 Å². The van der Waals surface area contributed by atoms with E-state index >= 15 is 0 Å². The molecule has 0 aromatic rings. The molecule has 0 saturated heterocycles. The summed E-state index contributed by atoms with van der Waals surface area (Å²) >= 11 is 0. The van der Waals surface area contributed by atoms with Crippen LogP contribution in [0.4, 0.5) is 0 Å². The molecular weight excluding hydrogens is 211 g/mol. The number of hydrogen-bond acceptors (Lipinski definition) is 6. The minimum Gasteiger partial charge on any atom is -0.453 e. The lowest BCUT2D eigenvalue weighted by Crippen LogP contribution is -2.29. The molecule has 7 heteroatoms. The summed E-state index contributed by atoms with van der Waals surface area (Å²) in [5.74, 6) is -0.860. The third kappa shape index (κ3) is 4.09. The van der Waals surface area contributed by atoms with Gasteiger partial charge in [-0.25, -0.2) is 4.79 Å². The molecule has 0 aromatic heterocycles. The largest absolute Gasteiger partial charge is 0.453 e. The van der Waals surface area contributed by atoms with Crippen molar-refractivity contribution < 1.29 is 28.4 Å². The van der Waals surface area contributed by atoms with Crippen molar-refractivity contribution in [2.75, 3.05) is 0 Å². The van der Waals surface area contributed by atoms with Crippen LogP contribution in [-0.4, -0.2) is 30.2 Å². The molecule has 0 aliphatic carbocycles. The van der Waals surface area contributed by atoms with Crippen molar-refractivity contribution in [2.24, 2.45) is 0 Å². The van der Waals surface area contributed by atoms with Crippen LogP contribution in [0.2, 0.25) is 0 Å². The number of rotatable bonds is 6. The fourth-order valence-electron chi connectivity index (χ4n) is 0.534. The maximum absolute atomic E-state index is 11.0. The predicted molar refractivity (Wildman–Crippen MR) is 44.8 cm³/mol. The van der Waals surface area contributed by atoms with Crippen LogP contribution in [-0.2, 0) is 28.4 Å². The van der Waals surface area contributed by atoms with Crippen molar-refractivity contribution in [2.45, 2.75) is 26.1 Å². The SMILES string of the molecule is C[C@H](OC=O)C(=O)O[C@@H](C)C(=O)P=O. The van der Waals surface area contributed by atoms with Crippen molar-refractivity contribution in [1.82, 2.24) is 0 Å². The standard InChI is InChI=1S/C7H9O6P/c1-4(12-3-8)6(9)13-5(2)7(10)14-11/h3-5H,1-2H3/t4-,5-/m0/s1. The van der Waals surface area contributed by atoms with Gasteiger partial charge in [0, 0.05) is 0 Å². The van der Waals surface area contributed by atoms with Gasteiger partial charge in [0.25, 0.3) is 12.0 Å². The first kappa shape index (κ1) is 12.7. The summed E-state index contributed by atoms with van der Waals surface area (Å²) in [4.78, 5) is 31.6. The van der Waals surface area contributed by atoms with Crippen LogP contribution in [0, 0.1) is 0 Å². The van der Waals surface area contributed by atoms with Gasteiger partial charge in [-0.2, -0.15) is 0 Å². The summed E-state index contributed by atoms with van der Waals surface area (Å²) in [5.41, 5.74) is -0.753. The predicted octanol–water partition coefficient (Wildman–Crippen LogP) is 0.298. The van der Waals surface area contributed by atoms with Crippen LogP contribution in [0.15, 0.2) is 0 Å². The van der Waals surface area contributed by atoms with E-state index in [1.165, 1.54) is 13.8 Å². The number of carbonyl (C=O) groups is 3. The summed E-state index contributed by atoms with van der Waals surface area (Å²) < 4.78 is 18.9. The molecule has 0 saturated carbocycles. The summed E-state index contributed by atoms with van der Waals surface area (Å²) in [6.07, 6.45) is -2.19. The van der Waals surface area contributed by atoms with Crippen LogP contribution < -0.4 is 0 Å². The lowest BCUT2D eigenvalue weighted by atomic mass is 10.4. The highest BCUT2D eigenvalue weighted by Gasteiger charge is 2.22. The van der Waals surface area contributed by atoms with Crippen LogP contribution in [0.1, 0.15) is 13.8 Å². The van der Waals surface area contributed by atoms with E-state index in [1.54, 1.807) is 0 Å². The molecule has 78 valence electrons. The molecule has 14 heavy (non-hydrogen) atoms. The van der Waals surface area contributed by atoms with Gasteiger partial charge in [-0.1, -0.05) is 0 Å². The highest BCUT2D eigenvalue weighted by atomic mass is 31.1. The smallest absolute Gasteiger partial charge is 0.347 e. The first-order valence-corrected chi connectivity index (χ1v) is 4.51. The van der Waals surface area contributed by atoms with Crippen LogP contribution in [0.5, 0.6) is 0 Å². The number of carbonyl (C=O) groups excluding carboxylic acids is 3. The summed E-state index contributed by atoms with van der Waals surface area (Å²) in [5, 5.41) is 0. The molecule has 0 amide bonds. The maximum atomic E-state index is 11.0. The minimum atomic E-state index is -1.11. The van der Waals surface area contributed by atoms with E-state index < -0.39 is 32.2 Å². The average Bonchev–Trinajstić information content (AvgIpc) is 2.16. The van der Waals surface area contributed by atoms with E-state index in [1.807, 2.05) is 0 Å². The van der Waals surface area contributed by atoms with E-state index in [0.717, 1.165) is 0 Å². The second-order valence-corrected chi connectivity index (χ2v) is 3.01. The molecule has 0 unspecified atom stereocenters. The zero-order valence-corrected chi connectivity index (χ0v) is 8.52. The van der Waals surface area contributed by atoms with Gasteiger partial charge in [0.2, 0.25) is 8.46 Å². The van der Waals surface area contributed by atoms with Gasteiger partial charge < -0.3 is 9.47 Å². The first-order valence-electron chi connectivity index (χ1n) is 3.69. The Bertz CT molecular complexity index is 251. The Kier molecular flexibility index (Phi) is 5.64. The first-order chi connectivity index (χ1) is 6.52. The van der Waals surface area contributed by atoms with Gasteiger partial charge in [-0.3, -0.25) is 14.2 Å². The molecule has 0 spiro atoms. The van der Waals surface area contributed by atoms with E-state index in [0.29, 0.717) is 0 Å². The molecule has 2 atom stereocenters. The van der Waals surface area contributed by atoms with Crippen molar-refractivity contribution >= 4 is 26.4 Å². The van der Waals surface area contributed by atoms with Gasteiger partial charge in [-0.05, 0) is 13.8 Å². The lowest BCUT2D eigenvalue weighted by Gasteiger charge is -2.12. The zero-order chi connectivity index (χ0) is 11.1. The third-order valence-corrected chi connectivity index (χ3v) is 1.87. The molecule has 0 aliphatic heterocycles. The second-order valence-electron chi connectivity index (χ2n) is 2.38. The summed E-state index contributed by atoms with van der Waals surface area (Å²) in [6.45, 7) is 2.67. The van der Waals surface area contributed by atoms with Crippen LogP contribution in [0.3, 0.4) is 0 Å². The molecule has 0 N–H and O–H groups in total. The Labute approximate surface area is 81.8 Å². The zero-order valence-electron chi connectivity index (χ0n) is 7.63. The Balaban J connectivity index is 4.11. The Morgan fingerprint density at radius 3 is 2.29 bits per heavy atom. The molecular formula is C7H9O6P. The topological polar surface area (TPSA) is 86.7 Å². The maximum Gasteiger partial charge on any atom is 0.347 e. The highest BCUT2D eigenvalue weighted by Crippen LogP contribution is 2.06. The van der Waals surface area contributed by atoms with Crippen LogP contribution in [0.25, 0.3) is 0 Å². The fourth-order valence-corrected chi connectivity index (χ4v) is 0.735. The van der Waals surface area contributed by atoms with Crippen molar-refractivity contribution in [3.05, 3.63) is 0 Å². The minimum absolute atomic E-state index is 0.101. The summed E-state index contributed by atoms with van der Waals surface area (Å²) in [6, 6.07) is 0. The van der Waals surface area contributed by atoms with Crippen molar-refractivity contribution in [1.29, 1.82) is 0 Å². The number of esters is 1. The molecule has 0 radical (unpaired) electrons. The van der Waals surface area contributed by atoms with E-state index in [4.69, 9.17) is 0 Å². The Morgan fingerprint density at radius 2 is 1.86 bits per heavy atom. The fraction of sp³-hybridized carbons (Fsp3) is 0.571. The average molecular weight is 220 g/mol. The van der Waals surface area contributed by atoms with Gasteiger partial charge in [0.1, 0.15) is 0 Å². The van der Waals surface area contributed by atoms with E-state index in [9.17, 15) is 18.9 Å².